The Morgan fingerprint density at radius 3 is 2.48 bits per heavy atom. The summed E-state index contributed by atoms with van der Waals surface area (Å²) in [6.07, 6.45) is 0. The van der Waals surface area contributed by atoms with Crippen molar-refractivity contribution in [3.05, 3.63) is 55.8 Å². The second-order valence-electron chi connectivity index (χ2n) is 6.33. The number of carbonyl (C=O) groups is 1. The number of methoxy groups -OCH3 is 1. The lowest BCUT2D eigenvalue weighted by atomic mass is 10.0. The van der Waals surface area contributed by atoms with Gasteiger partial charge in [0.1, 0.15) is 0 Å². The molecule has 1 aromatic heterocycles. The third-order valence-electron chi connectivity index (χ3n) is 5.00. The highest BCUT2D eigenvalue weighted by Crippen LogP contribution is 2.27. The van der Waals surface area contributed by atoms with Crippen LogP contribution in [0.3, 0.4) is 0 Å². The third-order valence-corrected chi connectivity index (χ3v) is 5.90. The van der Waals surface area contributed by atoms with Gasteiger partial charge in [0.05, 0.1) is 23.7 Å². The van der Waals surface area contributed by atoms with Crippen molar-refractivity contribution in [1.29, 1.82) is 0 Å². The van der Waals surface area contributed by atoms with E-state index in [2.05, 4.69) is 45.9 Å². The van der Waals surface area contributed by atoms with Gasteiger partial charge in [-0.2, -0.15) is 0 Å². The van der Waals surface area contributed by atoms with Crippen LogP contribution in [0.15, 0.2) is 41.2 Å². The van der Waals surface area contributed by atoms with Gasteiger partial charge in [-0.1, -0.05) is 26.0 Å². The first-order chi connectivity index (χ1) is 13.0. The van der Waals surface area contributed by atoms with E-state index in [1.165, 1.54) is 7.11 Å². The molecule has 3 rings (SSSR count). The molecule has 0 N–H and O–H groups in total. The Balaban J connectivity index is 2.39. The summed E-state index contributed by atoms with van der Waals surface area (Å²) in [4.78, 5) is 28.0. The molecule has 0 aliphatic rings. The van der Waals surface area contributed by atoms with Crippen LogP contribution in [-0.2, 0) is 11.3 Å². The number of pyridine rings is 1. The molecule has 27 heavy (non-hydrogen) atoms. The summed E-state index contributed by atoms with van der Waals surface area (Å²) in [5.74, 6) is -0.420. The second-order valence-corrected chi connectivity index (χ2v) is 7.50. The van der Waals surface area contributed by atoms with Crippen molar-refractivity contribution in [2.45, 2.75) is 20.4 Å². The second kappa shape index (κ2) is 8.39. The summed E-state index contributed by atoms with van der Waals surface area (Å²) in [5.41, 5.74) is 1.90. The Morgan fingerprint density at radius 2 is 1.81 bits per heavy atom. The number of fused-ring (bicyclic) bond motifs is 2. The van der Waals surface area contributed by atoms with Gasteiger partial charge in [0.25, 0.3) is 0 Å². The van der Waals surface area contributed by atoms with Crippen LogP contribution in [0, 0.1) is 3.57 Å². The zero-order valence-corrected chi connectivity index (χ0v) is 17.9. The molecule has 2 aromatic carbocycles. The van der Waals surface area contributed by atoms with Crippen LogP contribution in [0.1, 0.15) is 24.2 Å². The van der Waals surface area contributed by atoms with Crippen LogP contribution >= 0.6 is 22.6 Å². The number of esters is 1. The number of para-hydroxylation sites is 1. The van der Waals surface area contributed by atoms with Crippen LogP contribution < -0.4 is 5.43 Å². The SMILES string of the molecule is CCN(CC)CCn1c2ccccc2c(=O)c2ccc(I)c(C(=O)OC)c21. The van der Waals surface area contributed by atoms with Gasteiger partial charge >= 0.3 is 5.97 Å². The van der Waals surface area contributed by atoms with Gasteiger partial charge in [-0.3, -0.25) is 4.79 Å². The lowest BCUT2D eigenvalue weighted by Crippen LogP contribution is -2.28. The van der Waals surface area contributed by atoms with Gasteiger partial charge in [-0.15, -0.1) is 0 Å². The fourth-order valence-corrected chi connectivity index (χ4v) is 4.16. The standard InChI is InChI=1S/C21H23IN2O3/c1-4-23(5-2)12-13-24-17-9-7-6-8-14(17)20(25)15-10-11-16(22)18(19(15)24)21(26)27-3/h6-11H,4-5,12-13H2,1-3H3. The zero-order valence-electron chi connectivity index (χ0n) is 15.8. The molecule has 3 aromatic rings. The lowest BCUT2D eigenvalue weighted by Gasteiger charge is -2.22. The molecule has 0 saturated heterocycles. The third kappa shape index (κ3) is 3.60. The Hall–Kier alpha value is -1.93. The van der Waals surface area contributed by atoms with Crippen molar-refractivity contribution in [1.82, 2.24) is 9.47 Å². The largest absolute Gasteiger partial charge is 0.465 e. The van der Waals surface area contributed by atoms with E-state index in [1.807, 2.05) is 30.3 Å². The van der Waals surface area contributed by atoms with E-state index in [-0.39, 0.29) is 5.43 Å². The number of halogens is 1. The zero-order chi connectivity index (χ0) is 19.6. The van der Waals surface area contributed by atoms with Crippen LogP contribution in [-0.4, -0.2) is 42.2 Å². The molecule has 0 aliphatic carbocycles. The Kier molecular flexibility index (Phi) is 6.16. The van der Waals surface area contributed by atoms with Gasteiger partial charge in [-0.05, 0) is 59.9 Å². The van der Waals surface area contributed by atoms with Gasteiger partial charge in [0.2, 0.25) is 0 Å². The van der Waals surface area contributed by atoms with Crippen LogP contribution in [0.4, 0.5) is 0 Å². The molecule has 0 bridgehead atoms. The predicted octanol–water partition coefficient (Wildman–Crippen LogP) is 3.89. The molecule has 0 radical (unpaired) electrons. The van der Waals surface area contributed by atoms with E-state index in [0.29, 0.717) is 28.4 Å². The number of likely N-dealkylation sites (N-methyl/N-ethyl adjacent to an activating group) is 1. The maximum absolute atomic E-state index is 13.1. The molecular formula is C21H23IN2O3. The van der Waals surface area contributed by atoms with Crippen LogP contribution in [0.5, 0.6) is 0 Å². The number of aromatic nitrogens is 1. The van der Waals surface area contributed by atoms with E-state index >= 15 is 0 Å². The van der Waals surface area contributed by atoms with Crippen LogP contribution in [0.25, 0.3) is 21.8 Å². The van der Waals surface area contributed by atoms with E-state index in [0.717, 1.165) is 28.7 Å². The van der Waals surface area contributed by atoms with Gasteiger partial charge in [0.15, 0.2) is 5.43 Å². The monoisotopic (exact) mass is 478 g/mol. The molecule has 0 saturated carbocycles. The van der Waals surface area contributed by atoms with E-state index in [9.17, 15) is 9.59 Å². The molecule has 0 amide bonds. The van der Waals surface area contributed by atoms with E-state index < -0.39 is 5.97 Å². The van der Waals surface area contributed by atoms with Crippen LogP contribution in [0.2, 0.25) is 0 Å². The van der Waals surface area contributed by atoms with Crippen molar-refractivity contribution in [3.8, 4) is 0 Å². The number of nitrogens with zero attached hydrogens (tertiary/aromatic N) is 2. The number of ether oxygens (including phenoxy) is 1. The highest BCUT2D eigenvalue weighted by Gasteiger charge is 2.21. The highest BCUT2D eigenvalue weighted by atomic mass is 127. The molecule has 142 valence electrons. The molecule has 0 aliphatic heterocycles. The fourth-order valence-electron chi connectivity index (χ4n) is 3.51. The summed E-state index contributed by atoms with van der Waals surface area (Å²) in [5, 5.41) is 1.22. The number of rotatable bonds is 6. The van der Waals surface area contributed by atoms with Crippen molar-refractivity contribution in [3.63, 3.8) is 0 Å². The quantitative estimate of drug-likeness (QED) is 0.307. The van der Waals surface area contributed by atoms with Crippen molar-refractivity contribution < 1.29 is 9.53 Å². The first kappa shape index (κ1) is 19.8. The summed E-state index contributed by atoms with van der Waals surface area (Å²) in [6.45, 7) is 7.69. The van der Waals surface area contributed by atoms with E-state index in [1.54, 1.807) is 6.07 Å². The normalized spacial score (nSPS) is 11.4. The Bertz CT molecular complexity index is 1050. The molecule has 0 unspecified atom stereocenters. The highest BCUT2D eigenvalue weighted by molar-refractivity contribution is 14.1. The van der Waals surface area contributed by atoms with Gasteiger partial charge in [0, 0.05) is 27.4 Å². The minimum atomic E-state index is -0.420. The molecule has 5 nitrogen and oxygen atoms in total. The summed E-state index contributed by atoms with van der Waals surface area (Å²) in [6, 6.07) is 11.2. The summed E-state index contributed by atoms with van der Waals surface area (Å²) < 4.78 is 7.90. The average Bonchev–Trinajstić information content (AvgIpc) is 2.70. The number of hydrogen-bond acceptors (Lipinski definition) is 4. The fraction of sp³-hybridized carbons (Fsp3) is 0.333. The smallest absolute Gasteiger partial charge is 0.341 e. The average molecular weight is 478 g/mol. The topological polar surface area (TPSA) is 51.5 Å². The van der Waals surface area contributed by atoms with E-state index in [4.69, 9.17) is 4.74 Å². The number of carbonyl (C=O) groups excluding carboxylic acids is 1. The van der Waals surface area contributed by atoms with Gasteiger partial charge < -0.3 is 14.2 Å². The Labute approximate surface area is 172 Å². The van der Waals surface area contributed by atoms with Crippen molar-refractivity contribution in [2.24, 2.45) is 0 Å². The maximum Gasteiger partial charge on any atom is 0.341 e. The lowest BCUT2D eigenvalue weighted by molar-refractivity contribution is 0.0601. The minimum absolute atomic E-state index is 0.0544. The number of benzene rings is 2. The number of hydrogen-bond donors (Lipinski definition) is 0. The van der Waals surface area contributed by atoms with Gasteiger partial charge in [-0.25, -0.2) is 4.79 Å². The molecule has 0 spiro atoms. The molecular weight excluding hydrogens is 455 g/mol. The Morgan fingerprint density at radius 1 is 1.11 bits per heavy atom. The maximum atomic E-state index is 13.1. The molecule has 0 atom stereocenters. The molecule has 6 heteroatoms. The van der Waals surface area contributed by atoms with Crippen molar-refractivity contribution in [2.75, 3.05) is 26.7 Å². The molecule has 0 fully saturated rings. The first-order valence-corrected chi connectivity index (χ1v) is 10.2. The first-order valence-electron chi connectivity index (χ1n) is 9.07. The minimum Gasteiger partial charge on any atom is -0.465 e. The summed E-state index contributed by atoms with van der Waals surface area (Å²) >= 11 is 2.13. The predicted molar refractivity (Wildman–Crippen MR) is 118 cm³/mol. The van der Waals surface area contributed by atoms with Crippen molar-refractivity contribution >= 4 is 50.4 Å². The summed E-state index contributed by atoms with van der Waals surface area (Å²) in [7, 11) is 1.37. The molecule has 1 heterocycles.